The van der Waals surface area contributed by atoms with E-state index in [0.717, 1.165) is 9.13 Å². The van der Waals surface area contributed by atoms with Gasteiger partial charge in [0, 0.05) is 3.57 Å². The molecule has 1 N–H and O–H groups in total. The summed E-state index contributed by atoms with van der Waals surface area (Å²) in [5, 5.41) is 8.48. The number of aliphatic carboxylic acids is 1. The van der Waals surface area contributed by atoms with Crippen LogP contribution >= 0.6 is 46.0 Å². The molecule has 1 fully saturated rings. The lowest BCUT2D eigenvalue weighted by molar-refractivity contribution is -0.140. The van der Waals surface area contributed by atoms with Crippen molar-refractivity contribution in [3.63, 3.8) is 0 Å². The van der Waals surface area contributed by atoms with Gasteiger partial charge in [0.2, 0.25) is 0 Å². The molecule has 0 unspecified atom stereocenters. The smallest absolute Gasteiger partial charge is 0.323 e. The highest BCUT2D eigenvalue weighted by Crippen LogP contribution is 2.39. The van der Waals surface area contributed by atoms with Crippen LogP contribution in [0.25, 0.3) is 6.08 Å². The van der Waals surface area contributed by atoms with Gasteiger partial charge in [0.05, 0.1) is 17.0 Å². The first-order valence-corrected chi connectivity index (χ1v) is 10.8. The summed E-state index contributed by atoms with van der Waals surface area (Å²) in [6, 6.07) is 11.0. The summed E-state index contributed by atoms with van der Waals surface area (Å²) >= 11 is 9.26. The second-order valence-corrected chi connectivity index (χ2v) is 8.76. The molecule has 0 aromatic heterocycles. The molecule has 10 heteroatoms. The maximum absolute atomic E-state index is 12.3. The monoisotopic (exact) mass is 559 g/mol. The van der Waals surface area contributed by atoms with Crippen LogP contribution in [0.5, 0.6) is 11.5 Å². The summed E-state index contributed by atoms with van der Waals surface area (Å²) in [6.07, 6.45) is 1.46. The van der Waals surface area contributed by atoms with E-state index >= 15 is 0 Å². The number of carbonyl (C=O) groups excluding carboxylic acids is 2. The van der Waals surface area contributed by atoms with E-state index in [0.29, 0.717) is 40.3 Å². The number of hydrogen-bond acceptors (Lipinski definition) is 6. The lowest BCUT2D eigenvalue weighted by Crippen LogP contribution is -2.33. The summed E-state index contributed by atoms with van der Waals surface area (Å²) in [6.45, 7) is -0.391. The molecular formula is C20H15ClINO6S. The van der Waals surface area contributed by atoms with E-state index in [1.807, 2.05) is 24.3 Å². The molecule has 0 radical (unpaired) electrons. The van der Waals surface area contributed by atoms with E-state index < -0.39 is 23.7 Å². The number of carboxylic acids is 1. The molecule has 0 spiro atoms. The Hall–Kier alpha value is -2.24. The van der Waals surface area contributed by atoms with E-state index in [1.165, 1.54) is 13.2 Å². The second kappa shape index (κ2) is 9.71. The number of thioether (sulfide) groups is 1. The van der Waals surface area contributed by atoms with Gasteiger partial charge in [-0.3, -0.25) is 19.3 Å². The Kier molecular flexibility index (Phi) is 7.27. The predicted molar refractivity (Wildman–Crippen MR) is 122 cm³/mol. The van der Waals surface area contributed by atoms with Crippen LogP contribution in [0.2, 0.25) is 5.02 Å². The highest BCUT2D eigenvalue weighted by molar-refractivity contribution is 14.1. The molecule has 1 saturated heterocycles. The number of carboxylic acid groups (broad SMARTS) is 1. The van der Waals surface area contributed by atoms with Gasteiger partial charge in [0.25, 0.3) is 11.1 Å². The first kappa shape index (κ1) is 22.4. The van der Waals surface area contributed by atoms with Gasteiger partial charge in [0.1, 0.15) is 13.2 Å². The third-order valence-corrected chi connectivity index (χ3v) is 5.92. The Bertz CT molecular complexity index is 1040. The number of ether oxygens (including phenoxy) is 2. The Morgan fingerprint density at radius 2 is 1.97 bits per heavy atom. The van der Waals surface area contributed by atoms with Crippen molar-refractivity contribution in [2.45, 2.75) is 6.61 Å². The molecule has 1 heterocycles. The molecule has 2 amide bonds. The molecule has 0 aliphatic carbocycles. The molecule has 1 aliphatic heterocycles. The van der Waals surface area contributed by atoms with E-state index in [2.05, 4.69) is 22.6 Å². The summed E-state index contributed by atoms with van der Waals surface area (Å²) in [5.41, 5.74) is 1.48. The minimum atomic E-state index is -1.27. The number of amides is 2. The van der Waals surface area contributed by atoms with Crippen LogP contribution in [-0.2, 0) is 16.2 Å². The fourth-order valence-corrected chi connectivity index (χ4v) is 4.09. The van der Waals surface area contributed by atoms with E-state index in [-0.39, 0.29) is 9.93 Å². The highest BCUT2D eigenvalue weighted by atomic mass is 127. The van der Waals surface area contributed by atoms with Crippen molar-refractivity contribution in [1.29, 1.82) is 0 Å². The Morgan fingerprint density at radius 3 is 2.60 bits per heavy atom. The number of nitrogens with zero attached hydrogens (tertiary/aromatic N) is 1. The molecular weight excluding hydrogens is 545 g/mol. The summed E-state index contributed by atoms with van der Waals surface area (Å²) < 4.78 is 12.3. The third kappa shape index (κ3) is 5.27. The maximum Gasteiger partial charge on any atom is 0.323 e. The molecule has 0 saturated carbocycles. The fourth-order valence-electron chi connectivity index (χ4n) is 2.62. The van der Waals surface area contributed by atoms with Gasteiger partial charge in [-0.2, -0.15) is 0 Å². The molecule has 3 rings (SSSR count). The molecule has 2 aromatic carbocycles. The zero-order valence-electron chi connectivity index (χ0n) is 15.6. The fraction of sp³-hybridized carbons (Fsp3) is 0.150. The van der Waals surface area contributed by atoms with Crippen molar-refractivity contribution in [1.82, 2.24) is 4.90 Å². The standard InChI is InChI=1S/C20H15ClINO6S/c1-28-15-7-12(8-16-19(26)23(9-17(24)25)20(27)30-16)6-14(21)18(15)29-10-11-2-4-13(22)5-3-11/h2-8H,9-10H2,1H3,(H,24,25)/b16-8+. The van der Waals surface area contributed by atoms with Gasteiger partial charge in [-0.15, -0.1) is 0 Å². The number of carbonyl (C=O) groups is 3. The molecule has 0 bridgehead atoms. The van der Waals surface area contributed by atoms with E-state index in [1.54, 1.807) is 12.1 Å². The number of halogens is 2. The van der Waals surface area contributed by atoms with Crippen LogP contribution in [-0.4, -0.2) is 40.8 Å². The van der Waals surface area contributed by atoms with Crippen molar-refractivity contribution in [2.24, 2.45) is 0 Å². The van der Waals surface area contributed by atoms with Crippen LogP contribution in [0.4, 0.5) is 4.79 Å². The summed E-state index contributed by atoms with van der Waals surface area (Å²) in [7, 11) is 1.47. The second-order valence-electron chi connectivity index (χ2n) is 6.11. The number of benzene rings is 2. The van der Waals surface area contributed by atoms with Crippen molar-refractivity contribution in [2.75, 3.05) is 13.7 Å². The van der Waals surface area contributed by atoms with Crippen molar-refractivity contribution < 1.29 is 29.0 Å². The van der Waals surface area contributed by atoms with Gasteiger partial charge < -0.3 is 14.6 Å². The van der Waals surface area contributed by atoms with Crippen LogP contribution in [0.1, 0.15) is 11.1 Å². The topological polar surface area (TPSA) is 93.1 Å². The predicted octanol–water partition coefficient (Wildman–Crippen LogP) is 4.65. The molecule has 1 aliphatic rings. The van der Waals surface area contributed by atoms with E-state index in [4.69, 9.17) is 26.2 Å². The lowest BCUT2D eigenvalue weighted by Gasteiger charge is -2.13. The Morgan fingerprint density at radius 1 is 1.27 bits per heavy atom. The lowest BCUT2D eigenvalue weighted by atomic mass is 10.1. The van der Waals surface area contributed by atoms with Crippen molar-refractivity contribution >= 4 is 69.1 Å². The van der Waals surface area contributed by atoms with Gasteiger partial charge in [-0.1, -0.05) is 23.7 Å². The molecule has 30 heavy (non-hydrogen) atoms. The Labute approximate surface area is 195 Å². The van der Waals surface area contributed by atoms with Gasteiger partial charge in [-0.05, 0) is 75.8 Å². The minimum absolute atomic E-state index is 0.104. The quantitative estimate of drug-likeness (QED) is 0.390. The number of methoxy groups -OCH3 is 1. The van der Waals surface area contributed by atoms with Crippen LogP contribution < -0.4 is 9.47 Å². The van der Waals surface area contributed by atoms with Gasteiger partial charge in [0.15, 0.2) is 11.5 Å². The zero-order valence-corrected chi connectivity index (χ0v) is 19.3. The molecule has 156 valence electrons. The number of hydrogen-bond donors (Lipinski definition) is 1. The molecule has 7 nitrogen and oxygen atoms in total. The average molecular weight is 560 g/mol. The normalized spacial score (nSPS) is 15.0. The average Bonchev–Trinajstić information content (AvgIpc) is 2.95. The van der Waals surface area contributed by atoms with Crippen molar-refractivity contribution in [3.8, 4) is 11.5 Å². The van der Waals surface area contributed by atoms with E-state index in [9.17, 15) is 14.4 Å². The summed E-state index contributed by atoms with van der Waals surface area (Å²) in [5.74, 6) is -1.21. The first-order chi connectivity index (χ1) is 14.3. The number of rotatable bonds is 7. The minimum Gasteiger partial charge on any atom is -0.493 e. The van der Waals surface area contributed by atoms with Crippen LogP contribution in [0.3, 0.4) is 0 Å². The van der Waals surface area contributed by atoms with Crippen LogP contribution in [0.15, 0.2) is 41.3 Å². The first-order valence-electron chi connectivity index (χ1n) is 8.50. The SMILES string of the molecule is COc1cc(/C=C2/SC(=O)N(CC(=O)O)C2=O)cc(Cl)c1OCc1ccc(I)cc1. The summed E-state index contributed by atoms with van der Waals surface area (Å²) in [4.78, 5) is 35.8. The van der Waals surface area contributed by atoms with Crippen molar-refractivity contribution in [3.05, 3.63) is 61.0 Å². The van der Waals surface area contributed by atoms with Gasteiger partial charge in [-0.25, -0.2) is 0 Å². The highest BCUT2D eigenvalue weighted by Gasteiger charge is 2.36. The number of imide groups is 1. The molecule has 2 aromatic rings. The third-order valence-electron chi connectivity index (χ3n) is 4.01. The molecule has 0 atom stereocenters. The van der Waals surface area contributed by atoms with Gasteiger partial charge >= 0.3 is 5.97 Å². The van der Waals surface area contributed by atoms with Crippen LogP contribution in [0, 0.1) is 3.57 Å². The Balaban J connectivity index is 1.82. The maximum atomic E-state index is 12.3. The zero-order chi connectivity index (χ0) is 21.8. The largest absolute Gasteiger partial charge is 0.493 e.